The van der Waals surface area contributed by atoms with E-state index in [2.05, 4.69) is 57.2 Å². The minimum absolute atomic E-state index is 0.00545. The highest BCUT2D eigenvalue weighted by molar-refractivity contribution is 5.99. The van der Waals surface area contributed by atoms with Crippen LogP contribution in [-0.2, 0) is 62.4 Å². The van der Waals surface area contributed by atoms with Crippen molar-refractivity contribution >= 4 is 70.0 Å². The molecule has 9 amide bonds. The molecule has 5 heterocycles. The topological polar surface area (TPSA) is 353 Å². The van der Waals surface area contributed by atoms with Gasteiger partial charge in [-0.25, -0.2) is 4.98 Å². The third-order valence-electron chi connectivity index (χ3n) is 14.2. The number of guanidine groups is 1. The molecule has 0 spiro atoms. The average molecular weight is 1060 g/mol. The summed E-state index contributed by atoms with van der Waals surface area (Å²) in [5, 5.41) is 20.1. The van der Waals surface area contributed by atoms with Crippen molar-refractivity contribution in [3.8, 4) is 0 Å². The Balaban J connectivity index is 1.27. The van der Waals surface area contributed by atoms with Gasteiger partial charge in [0.15, 0.2) is 5.96 Å². The first-order valence-corrected chi connectivity index (χ1v) is 26.3. The maximum atomic E-state index is 15.0. The number of carbonyl (C=O) groups is 9. The number of nitrogens with zero attached hydrogens (tertiary/aromatic N) is 4. The molecule has 7 rings (SSSR count). The Kier molecular flexibility index (Phi) is 19.7. The van der Waals surface area contributed by atoms with Crippen LogP contribution in [-0.4, -0.2) is 158 Å². The van der Waals surface area contributed by atoms with E-state index in [1.54, 1.807) is 41.4 Å². The lowest BCUT2D eigenvalue weighted by Gasteiger charge is -2.33. The van der Waals surface area contributed by atoms with Gasteiger partial charge in [0.2, 0.25) is 53.2 Å². The van der Waals surface area contributed by atoms with Gasteiger partial charge in [-0.1, -0.05) is 48.5 Å². The molecule has 24 heteroatoms. The third-order valence-corrected chi connectivity index (χ3v) is 14.2. The molecule has 3 aliphatic rings. The predicted octanol–water partition coefficient (Wildman–Crippen LogP) is -0.797. The van der Waals surface area contributed by atoms with E-state index in [9.17, 15) is 43.2 Å². The number of hydrogen-bond acceptors (Lipinski definition) is 11. The largest absolute Gasteiger partial charge is 0.370 e. The molecule has 3 fully saturated rings. The maximum absolute atomic E-state index is 15.0. The zero-order chi connectivity index (χ0) is 55.0. The van der Waals surface area contributed by atoms with Crippen molar-refractivity contribution in [1.82, 2.24) is 62.0 Å². The smallest absolute Gasteiger partial charge is 0.246 e. The van der Waals surface area contributed by atoms with E-state index in [0.717, 1.165) is 23.7 Å². The number of hydrogen-bond donors (Lipinski definition) is 11. The van der Waals surface area contributed by atoms with Gasteiger partial charge in [0.05, 0.1) is 12.7 Å². The molecule has 0 aliphatic carbocycles. The van der Waals surface area contributed by atoms with Crippen molar-refractivity contribution in [2.24, 2.45) is 16.5 Å². The zero-order valence-corrected chi connectivity index (χ0v) is 43.5. The number of benzene rings is 2. The van der Waals surface area contributed by atoms with Gasteiger partial charge in [-0.05, 0) is 75.5 Å². The van der Waals surface area contributed by atoms with Crippen LogP contribution in [0.2, 0.25) is 0 Å². The van der Waals surface area contributed by atoms with Crippen molar-refractivity contribution in [3.63, 3.8) is 0 Å². The van der Waals surface area contributed by atoms with Gasteiger partial charge in [0, 0.05) is 87.4 Å². The van der Waals surface area contributed by atoms with E-state index in [-0.39, 0.29) is 82.5 Å². The number of imidazole rings is 1. The first-order valence-electron chi connectivity index (χ1n) is 26.3. The Hall–Kier alpha value is -8.31. The summed E-state index contributed by atoms with van der Waals surface area (Å²) in [6, 6.07) is 7.13. The second kappa shape index (κ2) is 27.0. The number of carbonyl (C=O) groups excluding carboxylic acids is 9. The number of para-hydroxylation sites is 1. The summed E-state index contributed by atoms with van der Waals surface area (Å²) in [5.74, 6) is -6.20. The van der Waals surface area contributed by atoms with Crippen LogP contribution < -0.4 is 48.7 Å². The lowest BCUT2D eigenvalue weighted by Crippen LogP contribution is -2.61. The second-order valence-corrected chi connectivity index (χ2v) is 20.0. The SMILES string of the molecule is CC(=O)N[C@H]1CCCNC(=O)C[C@@H](C(=O)N2CCC[C@H]2C(=O)N2CCC[C@H]2C)NC(=O)[C@H](Cc2c[nH]c3ccccc23)NC(=O)[C@H](CCCN=C(N)N)NC(=O)[C@@H](Cc2ccccc2)NC(=O)[C@H](Cc2cnc[nH]2)NC1=O. The molecule has 2 aromatic heterocycles. The molecule has 0 unspecified atom stereocenters. The highest BCUT2D eigenvalue weighted by Crippen LogP contribution is 2.26. The summed E-state index contributed by atoms with van der Waals surface area (Å²) in [6.07, 6.45) is 6.48. The van der Waals surface area contributed by atoms with Crippen molar-refractivity contribution in [3.05, 3.63) is 90.1 Å². The summed E-state index contributed by atoms with van der Waals surface area (Å²) < 4.78 is 0. The monoisotopic (exact) mass is 1060 g/mol. The van der Waals surface area contributed by atoms with Gasteiger partial charge in [-0.2, -0.15) is 0 Å². The lowest BCUT2D eigenvalue weighted by atomic mass is 10.0. The van der Waals surface area contributed by atoms with E-state index in [1.165, 1.54) is 24.3 Å². The number of amides is 9. The number of rotatable bonds is 13. The van der Waals surface area contributed by atoms with Crippen LogP contribution in [0.15, 0.2) is 78.3 Å². The van der Waals surface area contributed by atoms with Crippen LogP contribution in [0, 0.1) is 0 Å². The molecule has 24 nitrogen and oxygen atoms in total. The molecular weight excluding hydrogens is 991 g/mol. The molecule has 0 saturated carbocycles. The highest BCUT2D eigenvalue weighted by atomic mass is 16.2. The summed E-state index contributed by atoms with van der Waals surface area (Å²) in [4.78, 5) is 146. The van der Waals surface area contributed by atoms with Gasteiger partial charge in [0.1, 0.15) is 42.3 Å². The van der Waals surface area contributed by atoms with E-state index in [1.807, 2.05) is 31.2 Å². The van der Waals surface area contributed by atoms with Crippen LogP contribution in [0.3, 0.4) is 0 Å². The Morgan fingerprint density at radius 3 is 2.06 bits per heavy atom. The van der Waals surface area contributed by atoms with E-state index >= 15 is 0 Å². The normalized spacial score (nSPS) is 24.5. The van der Waals surface area contributed by atoms with E-state index in [4.69, 9.17) is 11.5 Å². The average Bonchev–Trinajstić information content (AvgIpc) is 4.26. The quantitative estimate of drug-likeness (QED) is 0.0446. The van der Waals surface area contributed by atoms with Crippen molar-refractivity contribution < 1.29 is 43.2 Å². The standard InChI is InChI=1S/C53H71N15O9/c1-31-12-10-22-67(31)52(77)44-19-11-23-68(44)51(76)43-27-45(70)57-20-8-17-38(61-32(2)69)46(71)65-42(26-35-29-56-30-60-35)50(75)63-40(24-33-13-4-3-5-14-33)48(73)62-39(18-9-21-58-53(54)55)47(72)64-41(49(74)66-43)25-34-28-59-37-16-7-6-15-36(34)37/h3-7,13-16,28-31,38-44,59H,8-12,17-27H2,1-2H3,(H,56,60)(H,57,70)(H,61,69)(H,62,73)(H,63,75)(H,64,72)(H,65,71)(H,66,74)(H4,54,55,58)/t31-,38+,39+,40-,41+,42+,43+,44+/m1/s1. The maximum Gasteiger partial charge on any atom is 0.246 e. The molecule has 3 saturated heterocycles. The van der Waals surface area contributed by atoms with Crippen LogP contribution in [0.5, 0.6) is 0 Å². The van der Waals surface area contributed by atoms with Gasteiger partial charge >= 0.3 is 0 Å². The van der Waals surface area contributed by atoms with Crippen LogP contribution >= 0.6 is 0 Å². The minimum atomic E-state index is -1.52. The van der Waals surface area contributed by atoms with Crippen molar-refractivity contribution in [1.29, 1.82) is 0 Å². The van der Waals surface area contributed by atoms with Gasteiger partial charge in [-0.15, -0.1) is 0 Å². The Morgan fingerprint density at radius 2 is 1.36 bits per heavy atom. The first-order chi connectivity index (χ1) is 37.0. The summed E-state index contributed by atoms with van der Waals surface area (Å²) in [6.45, 7) is 3.96. The van der Waals surface area contributed by atoms with Crippen molar-refractivity contribution in [2.75, 3.05) is 26.2 Å². The number of aliphatic imine (C=N–C) groups is 1. The molecule has 13 N–H and O–H groups in total. The summed E-state index contributed by atoms with van der Waals surface area (Å²) >= 11 is 0. The van der Waals surface area contributed by atoms with Gasteiger partial charge in [0.25, 0.3) is 0 Å². The van der Waals surface area contributed by atoms with Gasteiger partial charge < -0.3 is 68.5 Å². The number of nitrogens with one attached hydrogen (secondary N) is 9. The molecule has 3 aliphatic heterocycles. The summed E-state index contributed by atoms with van der Waals surface area (Å²) in [5.41, 5.74) is 13.7. The number of aromatic nitrogens is 3. The number of fused-ring (bicyclic) bond motifs is 1. The van der Waals surface area contributed by atoms with E-state index in [0.29, 0.717) is 36.2 Å². The predicted molar refractivity (Wildman–Crippen MR) is 284 cm³/mol. The molecule has 77 heavy (non-hydrogen) atoms. The molecule has 412 valence electrons. The molecule has 0 radical (unpaired) electrons. The second-order valence-electron chi connectivity index (χ2n) is 20.0. The fraction of sp³-hybridized carbons (Fsp3) is 0.491. The minimum Gasteiger partial charge on any atom is -0.370 e. The molecular formula is C53H71N15O9. The third kappa shape index (κ3) is 15.6. The number of likely N-dealkylation sites (tertiary alicyclic amines) is 2. The lowest BCUT2D eigenvalue weighted by molar-refractivity contribution is -0.146. The van der Waals surface area contributed by atoms with Gasteiger partial charge in [-0.3, -0.25) is 48.1 Å². The highest BCUT2D eigenvalue weighted by Gasteiger charge is 2.43. The van der Waals surface area contributed by atoms with Crippen LogP contribution in [0.4, 0.5) is 0 Å². The Morgan fingerprint density at radius 1 is 0.714 bits per heavy atom. The number of aromatic amines is 2. The van der Waals surface area contributed by atoms with Crippen LogP contribution in [0.1, 0.15) is 88.5 Å². The van der Waals surface area contributed by atoms with E-state index < -0.39 is 96.0 Å². The zero-order valence-electron chi connectivity index (χ0n) is 43.5. The Bertz CT molecular complexity index is 2760. The number of H-pyrrole nitrogens is 2. The molecule has 2 aromatic carbocycles. The fourth-order valence-electron chi connectivity index (χ4n) is 10.2. The molecule has 8 atom stereocenters. The first kappa shape index (κ1) is 56.4. The molecule has 4 aromatic rings. The van der Waals surface area contributed by atoms with Crippen LogP contribution in [0.25, 0.3) is 10.9 Å². The number of nitrogens with two attached hydrogens (primary N) is 2. The molecule has 0 bridgehead atoms. The van der Waals surface area contributed by atoms with Crippen molar-refractivity contribution in [2.45, 2.75) is 139 Å². The fourth-order valence-corrected chi connectivity index (χ4v) is 10.2. The summed E-state index contributed by atoms with van der Waals surface area (Å²) in [7, 11) is 0. The Labute approximate surface area is 445 Å².